The molecule has 0 amide bonds. The van der Waals surface area contributed by atoms with E-state index >= 15 is 0 Å². The van der Waals surface area contributed by atoms with Gasteiger partial charge >= 0.3 is 0 Å². The first-order valence-electron chi connectivity index (χ1n) is 7.86. The molecule has 0 spiro atoms. The van der Waals surface area contributed by atoms with E-state index in [1.807, 2.05) is 19.1 Å². The van der Waals surface area contributed by atoms with Crippen molar-refractivity contribution in [2.75, 3.05) is 44.7 Å². The molecule has 0 atom stereocenters. The number of carbonyl (C=O) groups is 1. The Morgan fingerprint density at radius 2 is 1.90 bits per heavy atom. The summed E-state index contributed by atoms with van der Waals surface area (Å²) in [5.41, 5.74) is 1.18. The second-order valence-electron chi connectivity index (χ2n) is 5.50. The Hall–Kier alpha value is -1.55. The van der Waals surface area contributed by atoms with Crippen LogP contribution in [0.1, 0.15) is 26.2 Å². The van der Waals surface area contributed by atoms with Crippen molar-refractivity contribution < 1.29 is 9.53 Å². The zero-order valence-electron chi connectivity index (χ0n) is 13.2. The predicted molar refractivity (Wildman–Crippen MR) is 86.2 cm³/mol. The van der Waals surface area contributed by atoms with Crippen LogP contribution in [0.15, 0.2) is 24.3 Å². The van der Waals surface area contributed by atoms with Gasteiger partial charge in [-0.25, -0.2) is 0 Å². The molecule has 0 aliphatic carbocycles. The van der Waals surface area contributed by atoms with Gasteiger partial charge in [-0.15, -0.1) is 0 Å². The predicted octanol–water partition coefficient (Wildman–Crippen LogP) is 2.58. The molecular formula is C17H26N2O2. The zero-order chi connectivity index (χ0) is 15.1. The number of ketones is 1. The number of para-hydroxylation sites is 2. The standard InChI is InChI=1S/C17H26N2O2/c1-3-15(20)7-6-10-18-11-13-19(14-12-18)16-8-4-5-9-17(16)21-2/h4-5,8-9H,3,6-7,10-14H2,1-2H3. The van der Waals surface area contributed by atoms with Crippen LogP contribution in [0.3, 0.4) is 0 Å². The number of nitrogens with zero attached hydrogens (tertiary/aromatic N) is 2. The molecule has 1 aromatic carbocycles. The fraction of sp³-hybridized carbons (Fsp3) is 0.588. The van der Waals surface area contributed by atoms with Gasteiger partial charge in [-0.2, -0.15) is 0 Å². The maximum Gasteiger partial charge on any atom is 0.142 e. The van der Waals surface area contributed by atoms with E-state index < -0.39 is 0 Å². The first-order chi connectivity index (χ1) is 10.2. The molecule has 0 saturated carbocycles. The average Bonchev–Trinajstić information content (AvgIpc) is 2.55. The van der Waals surface area contributed by atoms with E-state index in [-0.39, 0.29) is 0 Å². The van der Waals surface area contributed by atoms with Crippen molar-refractivity contribution in [3.63, 3.8) is 0 Å². The summed E-state index contributed by atoms with van der Waals surface area (Å²) in [6.45, 7) is 7.11. The maximum atomic E-state index is 11.3. The molecule has 0 N–H and O–H groups in total. The molecular weight excluding hydrogens is 264 g/mol. The van der Waals surface area contributed by atoms with E-state index in [1.165, 1.54) is 5.69 Å². The first kappa shape index (κ1) is 15.8. The van der Waals surface area contributed by atoms with Crippen molar-refractivity contribution in [2.45, 2.75) is 26.2 Å². The van der Waals surface area contributed by atoms with Gasteiger partial charge in [0.2, 0.25) is 0 Å². The Bertz CT molecular complexity index is 454. The number of Topliss-reactive ketones (excluding diaryl/α,β-unsaturated/α-hetero) is 1. The van der Waals surface area contributed by atoms with Gasteiger partial charge in [-0.1, -0.05) is 19.1 Å². The third-order valence-electron chi connectivity index (χ3n) is 4.12. The summed E-state index contributed by atoms with van der Waals surface area (Å²) in [6.07, 6.45) is 2.38. The Kier molecular flexibility index (Phi) is 6.05. The number of methoxy groups -OCH3 is 1. The van der Waals surface area contributed by atoms with Gasteiger partial charge in [-0.3, -0.25) is 9.69 Å². The number of carbonyl (C=O) groups excluding carboxylic acids is 1. The van der Waals surface area contributed by atoms with Crippen LogP contribution in [0.2, 0.25) is 0 Å². The molecule has 0 aromatic heterocycles. The molecule has 1 saturated heterocycles. The lowest BCUT2D eigenvalue weighted by Crippen LogP contribution is -2.46. The Morgan fingerprint density at radius 1 is 1.19 bits per heavy atom. The van der Waals surface area contributed by atoms with E-state index in [2.05, 4.69) is 21.9 Å². The lowest BCUT2D eigenvalue weighted by molar-refractivity contribution is -0.118. The molecule has 1 fully saturated rings. The molecule has 21 heavy (non-hydrogen) atoms. The van der Waals surface area contributed by atoms with Gasteiger partial charge in [0, 0.05) is 39.0 Å². The summed E-state index contributed by atoms with van der Waals surface area (Å²) in [7, 11) is 1.72. The number of hydrogen-bond donors (Lipinski definition) is 0. The summed E-state index contributed by atoms with van der Waals surface area (Å²) in [4.78, 5) is 16.2. The third kappa shape index (κ3) is 4.46. The monoisotopic (exact) mass is 290 g/mol. The molecule has 4 heteroatoms. The normalized spacial score (nSPS) is 16.0. The zero-order valence-corrected chi connectivity index (χ0v) is 13.2. The first-order valence-corrected chi connectivity index (χ1v) is 7.86. The molecule has 0 radical (unpaired) electrons. The minimum atomic E-state index is 0.377. The second kappa shape index (κ2) is 8.03. The Labute approximate surface area is 127 Å². The van der Waals surface area contributed by atoms with Crippen LogP contribution in [0.25, 0.3) is 0 Å². The lowest BCUT2D eigenvalue weighted by atomic mass is 10.1. The Morgan fingerprint density at radius 3 is 2.57 bits per heavy atom. The summed E-state index contributed by atoms with van der Waals surface area (Å²) >= 11 is 0. The van der Waals surface area contributed by atoms with Crippen molar-refractivity contribution in [1.82, 2.24) is 4.90 Å². The summed E-state index contributed by atoms with van der Waals surface area (Å²) in [6, 6.07) is 8.19. The van der Waals surface area contributed by atoms with E-state index in [4.69, 9.17) is 4.74 Å². The molecule has 116 valence electrons. The van der Waals surface area contributed by atoms with Crippen molar-refractivity contribution in [2.24, 2.45) is 0 Å². The Balaban J connectivity index is 1.79. The highest BCUT2D eigenvalue weighted by Gasteiger charge is 2.19. The minimum absolute atomic E-state index is 0.377. The molecule has 1 aliphatic heterocycles. The number of ether oxygens (including phenoxy) is 1. The smallest absolute Gasteiger partial charge is 0.142 e. The topological polar surface area (TPSA) is 32.8 Å². The molecule has 2 rings (SSSR count). The second-order valence-corrected chi connectivity index (χ2v) is 5.50. The molecule has 4 nitrogen and oxygen atoms in total. The van der Waals surface area contributed by atoms with E-state index in [1.54, 1.807) is 7.11 Å². The van der Waals surface area contributed by atoms with Gasteiger partial charge in [0.1, 0.15) is 11.5 Å². The van der Waals surface area contributed by atoms with Crippen LogP contribution >= 0.6 is 0 Å². The van der Waals surface area contributed by atoms with Crippen molar-refractivity contribution in [1.29, 1.82) is 0 Å². The summed E-state index contributed by atoms with van der Waals surface area (Å²) in [5.74, 6) is 1.32. The fourth-order valence-electron chi connectivity index (χ4n) is 2.78. The van der Waals surface area contributed by atoms with Crippen molar-refractivity contribution >= 4 is 11.5 Å². The van der Waals surface area contributed by atoms with Crippen molar-refractivity contribution in [3.8, 4) is 5.75 Å². The largest absolute Gasteiger partial charge is 0.495 e. The average molecular weight is 290 g/mol. The highest BCUT2D eigenvalue weighted by molar-refractivity contribution is 5.77. The molecule has 1 aliphatic rings. The van der Waals surface area contributed by atoms with Gasteiger partial charge in [-0.05, 0) is 25.1 Å². The van der Waals surface area contributed by atoms with Gasteiger partial charge < -0.3 is 9.64 Å². The summed E-state index contributed by atoms with van der Waals surface area (Å²) in [5, 5.41) is 0. The molecule has 1 aromatic rings. The maximum absolute atomic E-state index is 11.3. The van der Waals surface area contributed by atoms with E-state index in [0.717, 1.165) is 51.3 Å². The quantitative estimate of drug-likeness (QED) is 0.773. The SMILES string of the molecule is CCC(=O)CCCN1CCN(c2ccccc2OC)CC1. The van der Waals surface area contributed by atoms with Crippen molar-refractivity contribution in [3.05, 3.63) is 24.3 Å². The summed E-state index contributed by atoms with van der Waals surface area (Å²) < 4.78 is 5.44. The lowest BCUT2D eigenvalue weighted by Gasteiger charge is -2.36. The van der Waals surface area contributed by atoms with Gasteiger partial charge in [0.15, 0.2) is 0 Å². The highest BCUT2D eigenvalue weighted by atomic mass is 16.5. The van der Waals surface area contributed by atoms with Crippen LogP contribution < -0.4 is 9.64 Å². The molecule has 0 unspecified atom stereocenters. The number of hydrogen-bond acceptors (Lipinski definition) is 4. The molecule has 1 heterocycles. The number of anilines is 1. The van der Waals surface area contributed by atoms with Gasteiger partial charge in [0.25, 0.3) is 0 Å². The van der Waals surface area contributed by atoms with Crippen LogP contribution in [0.4, 0.5) is 5.69 Å². The van der Waals surface area contributed by atoms with E-state index in [9.17, 15) is 4.79 Å². The number of benzene rings is 1. The van der Waals surface area contributed by atoms with E-state index in [0.29, 0.717) is 12.2 Å². The van der Waals surface area contributed by atoms with Crippen LogP contribution in [-0.4, -0.2) is 50.5 Å². The fourth-order valence-corrected chi connectivity index (χ4v) is 2.78. The minimum Gasteiger partial charge on any atom is -0.495 e. The van der Waals surface area contributed by atoms with Crippen LogP contribution in [0.5, 0.6) is 5.75 Å². The highest BCUT2D eigenvalue weighted by Crippen LogP contribution is 2.28. The number of rotatable bonds is 7. The van der Waals surface area contributed by atoms with Crippen LogP contribution in [0, 0.1) is 0 Å². The third-order valence-corrected chi connectivity index (χ3v) is 4.12. The number of piperazine rings is 1. The molecule has 0 bridgehead atoms. The van der Waals surface area contributed by atoms with Crippen LogP contribution in [-0.2, 0) is 4.79 Å². The van der Waals surface area contributed by atoms with Gasteiger partial charge in [0.05, 0.1) is 12.8 Å².